The standard InChI is InChI=1S/C21H22Cl2N4O4/c1-11-3-4-17(12-5-13(22)7-14(23)6-12)27(10-11)21(30)19(29)26-15-8-16(18(24)28)20(31-2)25-9-15/h5-9,11,17H,3-4,10H2,1-2H3,(H2,24,28)(H,26,29)/t11-,17?/m0/s1. The molecule has 2 atom stereocenters. The molecule has 10 heteroatoms. The van der Waals surface area contributed by atoms with E-state index in [1.807, 2.05) is 6.92 Å². The molecule has 0 aliphatic carbocycles. The number of piperidine rings is 1. The molecule has 3 rings (SSSR count). The zero-order valence-electron chi connectivity index (χ0n) is 17.0. The SMILES string of the molecule is COc1ncc(NC(=O)C(=O)N2C[C@@H](C)CCC2c2cc(Cl)cc(Cl)c2)cc1C(N)=O. The van der Waals surface area contributed by atoms with Gasteiger partial charge in [0.25, 0.3) is 5.91 Å². The van der Waals surface area contributed by atoms with Crippen LogP contribution >= 0.6 is 23.2 Å². The maximum atomic E-state index is 13.1. The number of carbonyl (C=O) groups excluding carboxylic acids is 3. The summed E-state index contributed by atoms with van der Waals surface area (Å²) in [7, 11) is 1.34. The Balaban J connectivity index is 1.84. The smallest absolute Gasteiger partial charge is 0.313 e. The Hall–Kier alpha value is -2.84. The van der Waals surface area contributed by atoms with Crippen molar-refractivity contribution < 1.29 is 19.1 Å². The molecule has 0 bridgehead atoms. The third-order valence-corrected chi connectivity index (χ3v) is 5.55. The minimum absolute atomic E-state index is 0.00853. The maximum absolute atomic E-state index is 13.1. The van der Waals surface area contributed by atoms with Crippen molar-refractivity contribution in [2.45, 2.75) is 25.8 Å². The van der Waals surface area contributed by atoms with Crippen molar-refractivity contribution in [3.8, 4) is 5.88 Å². The van der Waals surface area contributed by atoms with Crippen molar-refractivity contribution in [2.24, 2.45) is 11.7 Å². The van der Waals surface area contributed by atoms with Crippen molar-refractivity contribution in [3.63, 3.8) is 0 Å². The molecule has 1 aliphatic rings. The van der Waals surface area contributed by atoms with Crippen LogP contribution in [0.3, 0.4) is 0 Å². The molecule has 0 radical (unpaired) electrons. The molecular formula is C21H22Cl2N4O4. The fraction of sp³-hybridized carbons (Fsp3) is 0.333. The number of rotatable bonds is 4. The molecule has 2 aromatic rings. The van der Waals surface area contributed by atoms with E-state index in [1.54, 1.807) is 18.2 Å². The molecule has 3 amide bonds. The zero-order valence-corrected chi connectivity index (χ0v) is 18.5. The number of primary amides is 1. The molecule has 31 heavy (non-hydrogen) atoms. The van der Waals surface area contributed by atoms with Crippen molar-refractivity contribution in [1.29, 1.82) is 0 Å². The summed E-state index contributed by atoms with van der Waals surface area (Å²) in [5.74, 6) is -2.07. The van der Waals surface area contributed by atoms with Gasteiger partial charge < -0.3 is 20.7 Å². The van der Waals surface area contributed by atoms with Gasteiger partial charge in [-0.25, -0.2) is 4.98 Å². The monoisotopic (exact) mass is 464 g/mol. The summed E-state index contributed by atoms with van der Waals surface area (Å²) in [6.07, 6.45) is 2.85. The van der Waals surface area contributed by atoms with Gasteiger partial charge in [0.2, 0.25) is 5.88 Å². The van der Waals surface area contributed by atoms with Gasteiger partial charge in [0.1, 0.15) is 5.56 Å². The quantitative estimate of drug-likeness (QED) is 0.672. The number of hydrogen-bond acceptors (Lipinski definition) is 5. The zero-order chi connectivity index (χ0) is 22.7. The lowest BCUT2D eigenvalue weighted by atomic mass is 9.90. The molecular weight excluding hydrogens is 443 g/mol. The lowest BCUT2D eigenvalue weighted by molar-refractivity contribution is -0.146. The number of carbonyl (C=O) groups is 3. The summed E-state index contributed by atoms with van der Waals surface area (Å²) >= 11 is 12.3. The Bertz CT molecular complexity index is 1010. The van der Waals surface area contributed by atoms with E-state index < -0.39 is 17.7 Å². The first-order valence-corrected chi connectivity index (χ1v) is 10.4. The predicted molar refractivity (Wildman–Crippen MR) is 117 cm³/mol. The fourth-order valence-corrected chi connectivity index (χ4v) is 4.21. The Labute approximate surface area is 189 Å². The third-order valence-electron chi connectivity index (χ3n) is 5.11. The summed E-state index contributed by atoms with van der Waals surface area (Å²) in [5, 5.41) is 3.41. The van der Waals surface area contributed by atoms with Gasteiger partial charge in [-0.3, -0.25) is 14.4 Å². The topological polar surface area (TPSA) is 115 Å². The van der Waals surface area contributed by atoms with Crippen LogP contribution in [0.1, 0.15) is 41.7 Å². The number of nitrogens with one attached hydrogen (secondary N) is 1. The van der Waals surface area contributed by atoms with Gasteiger partial charge in [-0.2, -0.15) is 0 Å². The number of anilines is 1. The molecule has 164 valence electrons. The minimum atomic E-state index is -0.852. The molecule has 1 aromatic carbocycles. The van der Waals surface area contributed by atoms with E-state index >= 15 is 0 Å². The summed E-state index contributed by atoms with van der Waals surface area (Å²) in [6.45, 7) is 2.43. The van der Waals surface area contributed by atoms with E-state index in [4.69, 9.17) is 33.7 Å². The third kappa shape index (κ3) is 5.26. The Kier molecular flexibility index (Phi) is 7.02. The van der Waals surface area contributed by atoms with Crippen LogP contribution in [0.15, 0.2) is 30.5 Å². The first kappa shape index (κ1) is 22.8. The van der Waals surface area contributed by atoms with Crippen molar-refractivity contribution in [3.05, 3.63) is 51.6 Å². The average Bonchev–Trinajstić information content (AvgIpc) is 2.72. The van der Waals surface area contributed by atoms with E-state index in [1.165, 1.54) is 24.3 Å². The van der Waals surface area contributed by atoms with Crippen LogP contribution in [0.5, 0.6) is 5.88 Å². The van der Waals surface area contributed by atoms with Crippen molar-refractivity contribution >= 4 is 46.6 Å². The van der Waals surface area contributed by atoms with Crippen LogP contribution in [0.2, 0.25) is 10.0 Å². The van der Waals surface area contributed by atoms with Crippen LogP contribution in [-0.4, -0.2) is 41.3 Å². The summed E-state index contributed by atoms with van der Waals surface area (Å²) in [4.78, 5) is 42.8. The number of halogens is 2. The van der Waals surface area contributed by atoms with Gasteiger partial charge >= 0.3 is 11.8 Å². The highest BCUT2D eigenvalue weighted by molar-refractivity contribution is 6.39. The maximum Gasteiger partial charge on any atom is 0.313 e. The van der Waals surface area contributed by atoms with Gasteiger partial charge in [0.05, 0.1) is 25.0 Å². The van der Waals surface area contributed by atoms with Crippen LogP contribution in [0.4, 0.5) is 5.69 Å². The second-order valence-electron chi connectivity index (χ2n) is 7.46. The van der Waals surface area contributed by atoms with Gasteiger partial charge in [0, 0.05) is 16.6 Å². The number of ether oxygens (including phenoxy) is 1. The molecule has 1 fully saturated rings. The van der Waals surface area contributed by atoms with E-state index in [9.17, 15) is 14.4 Å². The number of amides is 3. The van der Waals surface area contributed by atoms with E-state index in [-0.39, 0.29) is 29.1 Å². The molecule has 3 N–H and O–H groups in total. The molecule has 1 saturated heterocycles. The van der Waals surface area contributed by atoms with E-state index in [2.05, 4.69) is 10.3 Å². The molecule has 0 spiro atoms. The first-order chi connectivity index (χ1) is 14.7. The number of methoxy groups -OCH3 is 1. The number of hydrogen-bond donors (Lipinski definition) is 2. The molecule has 1 aromatic heterocycles. The Morgan fingerprint density at radius 1 is 1.16 bits per heavy atom. The number of pyridine rings is 1. The summed E-state index contributed by atoms with van der Waals surface area (Å²) in [6, 6.07) is 6.09. The highest BCUT2D eigenvalue weighted by Crippen LogP contribution is 2.36. The van der Waals surface area contributed by atoms with Crippen LogP contribution < -0.4 is 15.8 Å². The van der Waals surface area contributed by atoms with Gasteiger partial charge in [-0.05, 0) is 48.6 Å². The normalized spacial score (nSPS) is 18.4. The minimum Gasteiger partial charge on any atom is -0.480 e. The highest BCUT2D eigenvalue weighted by Gasteiger charge is 2.34. The van der Waals surface area contributed by atoms with Crippen molar-refractivity contribution in [1.82, 2.24) is 9.88 Å². The molecule has 1 unspecified atom stereocenters. The van der Waals surface area contributed by atoms with E-state index in [0.29, 0.717) is 23.0 Å². The first-order valence-electron chi connectivity index (χ1n) is 9.61. The number of aromatic nitrogens is 1. The Morgan fingerprint density at radius 2 is 1.84 bits per heavy atom. The number of nitrogens with two attached hydrogens (primary N) is 1. The van der Waals surface area contributed by atoms with Crippen LogP contribution in [0, 0.1) is 5.92 Å². The number of likely N-dealkylation sites (tertiary alicyclic amines) is 1. The van der Waals surface area contributed by atoms with Crippen LogP contribution in [0.25, 0.3) is 0 Å². The number of benzene rings is 1. The molecule has 0 saturated carbocycles. The van der Waals surface area contributed by atoms with Crippen LogP contribution in [-0.2, 0) is 9.59 Å². The predicted octanol–water partition coefficient (Wildman–Crippen LogP) is 3.43. The van der Waals surface area contributed by atoms with Gasteiger partial charge in [-0.15, -0.1) is 0 Å². The lowest BCUT2D eigenvalue weighted by Crippen LogP contribution is -2.46. The number of nitrogens with zero attached hydrogens (tertiary/aromatic N) is 2. The summed E-state index contributed by atoms with van der Waals surface area (Å²) < 4.78 is 4.98. The Morgan fingerprint density at radius 3 is 2.45 bits per heavy atom. The lowest BCUT2D eigenvalue weighted by Gasteiger charge is -2.38. The second-order valence-corrected chi connectivity index (χ2v) is 8.33. The fourth-order valence-electron chi connectivity index (χ4n) is 3.67. The summed E-state index contributed by atoms with van der Waals surface area (Å²) in [5.41, 5.74) is 6.24. The molecule has 1 aliphatic heterocycles. The largest absolute Gasteiger partial charge is 0.480 e. The van der Waals surface area contributed by atoms with Gasteiger partial charge in [0.15, 0.2) is 0 Å². The molecule has 2 heterocycles. The average molecular weight is 465 g/mol. The van der Waals surface area contributed by atoms with Crippen molar-refractivity contribution in [2.75, 3.05) is 19.0 Å². The van der Waals surface area contributed by atoms with E-state index in [0.717, 1.165) is 12.0 Å². The second kappa shape index (κ2) is 9.53. The highest BCUT2D eigenvalue weighted by atomic mass is 35.5. The van der Waals surface area contributed by atoms with Gasteiger partial charge in [-0.1, -0.05) is 30.1 Å². The molecule has 8 nitrogen and oxygen atoms in total.